The number of carbonyl (C=O) groups is 2. The van der Waals surface area contributed by atoms with Gasteiger partial charge in [-0.05, 0) is 61.9 Å². The molecule has 0 saturated carbocycles. The molecule has 0 aliphatic heterocycles. The van der Waals surface area contributed by atoms with Crippen molar-refractivity contribution >= 4 is 17.6 Å². The van der Waals surface area contributed by atoms with E-state index < -0.39 is 5.97 Å². The molecule has 0 unspecified atom stereocenters. The molecule has 1 atom stereocenters. The first-order chi connectivity index (χ1) is 12.5. The second kappa shape index (κ2) is 9.46. The number of hydrogen-bond acceptors (Lipinski definition) is 5. The Morgan fingerprint density at radius 3 is 2.19 bits per heavy atom. The number of amides is 1. The summed E-state index contributed by atoms with van der Waals surface area (Å²) in [6.07, 6.45) is 0.624. The molecule has 0 radical (unpaired) electrons. The minimum atomic E-state index is -0.416. The summed E-state index contributed by atoms with van der Waals surface area (Å²) in [6.45, 7) is 3.60. The van der Waals surface area contributed by atoms with Crippen LogP contribution in [-0.4, -0.2) is 31.7 Å². The van der Waals surface area contributed by atoms with E-state index in [1.165, 1.54) is 0 Å². The van der Waals surface area contributed by atoms with E-state index in [4.69, 9.17) is 14.2 Å². The molecule has 0 aliphatic carbocycles. The van der Waals surface area contributed by atoms with Gasteiger partial charge in [0, 0.05) is 11.3 Å². The first-order valence-corrected chi connectivity index (χ1v) is 8.39. The van der Waals surface area contributed by atoms with Gasteiger partial charge >= 0.3 is 5.97 Å². The first-order valence-electron chi connectivity index (χ1n) is 8.39. The van der Waals surface area contributed by atoms with Crippen molar-refractivity contribution in [3.05, 3.63) is 54.1 Å². The Bertz CT molecular complexity index is 725. The van der Waals surface area contributed by atoms with E-state index in [9.17, 15) is 9.59 Å². The predicted octanol–water partition coefficient (Wildman–Crippen LogP) is 3.67. The van der Waals surface area contributed by atoms with Gasteiger partial charge in [0.15, 0.2) is 6.61 Å². The summed E-state index contributed by atoms with van der Waals surface area (Å²) in [5, 5.41) is 2.80. The highest BCUT2D eigenvalue weighted by Crippen LogP contribution is 2.17. The molecule has 26 heavy (non-hydrogen) atoms. The predicted molar refractivity (Wildman–Crippen MR) is 98.7 cm³/mol. The topological polar surface area (TPSA) is 73.9 Å². The lowest BCUT2D eigenvalue weighted by molar-refractivity contribution is -0.150. The molecule has 6 heteroatoms. The molecule has 1 amide bonds. The molecule has 6 nitrogen and oxygen atoms in total. The number of benzene rings is 2. The van der Waals surface area contributed by atoms with Crippen molar-refractivity contribution in [2.45, 2.75) is 26.4 Å². The third-order valence-corrected chi connectivity index (χ3v) is 3.73. The summed E-state index contributed by atoms with van der Waals surface area (Å²) in [5.41, 5.74) is 1.15. The van der Waals surface area contributed by atoms with Gasteiger partial charge in [0.2, 0.25) is 0 Å². The van der Waals surface area contributed by atoms with Crippen molar-refractivity contribution in [3.63, 3.8) is 0 Å². The van der Waals surface area contributed by atoms with Gasteiger partial charge in [0.1, 0.15) is 11.5 Å². The fourth-order valence-electron chi connectivity index (χ4n) is 2.06. The van der Waals surface area contributed by atoms with E-state index in [0.717, 1.165) is 12.2 Å². The molecule has 0 aliphatic rings. The van der Waals surface area contributed by atoms with Crippen LogP contribution in [-0.2, 0) is 9.53 Å². The van der Waals surface area contributed by atoms with E-state index in [1.807, 2.05) is 13.8 Å². The number of anilines is 1. The van der Waals surface area contributed by atoms with Crippen LogP contribution in [0.4, 0.5) is 5.69 Å². The number of methoxy groups -OCH3 is 1. The van der Waals surface area contributed by atoms with Crippen LogP contribution < -0.4 is 14.8 Å². The smallest absolute Gasteiger partial charge is 0.344 e. The Hall–Kier alpha value is -3.02. The minimum absolute atomic E-state index is 0.130. The third-order valence-electron chi connectivity index (χ3n) is 3.73. The molecule has 0 saturated heterocycles. The maximum Gasteiger partial charge on any atom is 0.344 e. The summed E-state index contributed by atoms with van der Waals surface area (Å²) < 4.78 is 15.6. The molecular formula is C20H23NO5. The Kier molecular flexibility index (Phi) is 7.02. The monoisotopic (exact) mass is 357 g/mol. The third kappa shape index (κ3) is 5.81. The minimum Gasteiger partial charge on any atom is -0.497 e. The van der Waals surface area contributed by atoms with Crippen molar-refractivity contribution in [3.8, 4) is 11.5 Å². The lowest BCUT2D eigenvalue weighted by Gasteiger charge is -2.11. The van der Waals surface area contributed by atoms with Crippen molar-refractivity contribution in [1.82, 2.24) is 0 Å². The van der Waals surface area contributed by atoms with Gasteiger partial charge < -0.3 is 19.5 Å². The fraction of sp³-hybridized carbons (Fsp3) is 0.300. The summed E-state index contributed by atoms with van der Waals surface area (Å²) >= 11 is 0. The number of nitrogens with one attached hydrogen (secondary N) is 1. The summed E-state index contributed by atoms with van der Waals surface area (Å²) in [7, 11) is 1.58. The van der Waals surface area contributed by atoms with Crippen LogP contribution in [0.1, 0.15) is 30.6 Å². The standard InChI is InChI=1S/C20H23NO5/c1-4-14(2)26-19(22)13-25-18-9-5-15(6-10-18)20(23)21-16-7-11-17(24-3)12-8-16/h5-12,14H,4,13H2,1-3H3,(H,21,23)/t14-/m0/s1. The van der Waals surface area contributed by atoms with Crippen molar-refractivity contribution in [2.24, 2.45) is 0 Å². The molecule has 2 aromatic carbocycles. The van der Waals surface area contributed by atoms with Crippen LogP contribution in [0, 0.1) is 0 Å². The van der Waals surface area contributed by atoms with Crippen LogP contribution in [0.15, 0.2) is 48.5 Å². The molecule has 1 N–H and O–H groups in total. The quantitative estimate of drug-likeness (QED) is 0.730. The second-order valence-electron chi connectivity index (χ2n) is 5.70. The number of esters is 1. The van der Waals surface area contributed by atoms with Gasteiger partial charge in [0.05, 0.1) is 13.2 Å². The van der Waals surface area contributed by atoms with Crippen LogP contribution in [0.25, 0.3) is 0 Å². The van der Waals surface area contributed by atoms with Crippen molar-refractivity contribution in [2.75, 3.05) is 19.0 Å². The molecular weight excluding hydrogens is 334 g/mol. The summed E-state index contributed by atoms with van der Waals surface area (Å²) in [5.74, 6) is 0.557. The van der Waals surface area contributed by atoms with E-state index in [2.05, 4.69) is 5.32 Å². The maximum atomic E-state index is 12.2. The zero-order valence-electron chi connectivity index (χ0n) is 15.2. The number of hydrogen-bond donors (Lipinski definition) is 1. The Balaban J connectivity index is 1.87. The summed E-state index contributed by atoms with van der Waals surface area (Å²) in [6, 6.07) is 13.6. The molecule has 0 heterocycles. The van der Waals surface area contributed by atoms with Gasteiger partial charge in [-0.25, -0.2) is 4.79 Å². The van der Waals surface area contributed by atoms with Gasteiger partial charge in [-0.15, -0.1) is 0 Å². The van der Waals surface area contributed by atoms with Crippen LogP contribution in [0.3, 0.4) is 0 Å². The first kappa shape index (κ1) is 19.3. The van der Waals surface area contributed by atoms with Crippen LogP contribution >= 0.6 is 0 Å². The zero-order valence-corrected chi connectivity index (χ0v) is 15.2. The normalized spacial score (nSPS) is 11.3. The Morgan fingerprint density at radius 2 is 1.62 bits per heavy atom. The molecule has 0 aromatic heterocycles. The molecule has 2 aromatic rings. The highest BCUT2D eigenvalue weighted by molar-refractivity contribution is 6.04. The average Bonchev–Trinajstić information content (AvgIpc) is 2.67. The fourth-order valence-corrected chi connectivity index (χ4v) is 2.06. The number of carbonyl (C=O) groups excluding carboxylic acids is 2. The number of rotatable bonds is 8. The highest BCUT2D eigenvalue weighted by Gasteiger charge is 2.10. The maximum absolute atomic E-state index is 12.2. The lowest BCUT2D eigenvalue weighted by atomic mass is 10.2. The second-order valence-corrected chi connectivity index (χ2v) is 5.70. The van der Waals surface area contributed by atoms with Crippen LogP contribution in [0.5, 0.6) is 11.5 Å². The molecule has 0 fully saturated rings. The zero-order chi connectivity index (χ0) is 18.9. The molecule has 138 valence electrons. The van der Waals surface area contributed by atoms with Gasteiger partial charge in [-0.2, -0.15) is 0 Å². The Morgan fingerprint density at radius 1 is 1.00 bits per heavy atom. The number of ether oxygens (including phenoxy) is 3. The lowest BCUT2D eigenvalue weighted by Crippen LogP contribution is -2.20. The molecule has 2 rings (SSSR count). The van der Waals surface area contributed by atoms with E-state index >= 15 is 0 Å². The van der Waals surface area contributed by atoms with Crippen LogP contribution in [0.2, 0.25) is 0 Å². The highest BCUT2D eigenvalue weighted by atomic mass is 16.6. The van der Waals surface area contributed by atoms with Gasteiger partial charge in [-0.3, -0.25) is 4.79 Å². The largest absolute Gasteiger partial charge is 0.497 e. The van der Waals surface area contributed by atoms with Gasteiger partial charge in [0.25, 0.3) is 5.91 Å². The van der Waals surface area contributed by atoms with E-state index in [0.29, 0.717) is 17.0 Å². The average molecular weight is 357 g/mol. The Labute approximate surface area is 153 Å². The summed E-state index contributed by atoms with van der Waals surface area (Å²) in [4.78, 5) is 23.8. The molecule has 0 spiro atoms. The van der Waals surface area contributed by atoms with Crippen molar-refractivity contribution < 1.29 is 23.8 Å². The molecule has 0 bridgehead atoms. The van der Waals surface area contributed by atoms with Crippen molar-refractivity contribution in [1.29, 1.82) is 0 Å². The SMILES string of the molecule is CC[C@H](C)OC(=O)COc1ccc(C(=O)Nc2ccc(OC)cc2)cc1. The van der Waals surface area contributed by atoms with E-state index in [1.54, 1.807) is 55.6 Å². The van der Waals surface area contributed by atoms with Gasteiger partial charge in [-0.1, -0.05) is 6.92 Å². The van der Waals surface area contributed by atoms with E-state index in [-0.39, 0.29) is 18.6 Å².